The molecule has 0 aliphatic heterocycles. The Labute approximate surface area is 341 Å². The molecule has 0 unspecified atom stereocenters. The second-order valence-corrected chi connectivity index (χ2v) is 20.8. The maximum atomic E-state index is 5.14. The first-order valence-corrected chi connectivity index (χ1v) is 20.8. The van der Waals surface area contributed by atoms with Crippen LogP contribution in [0.5, 0.6) is 0 Å². The van der Waals surface area contributed by atoms with Gasteiger partial charge >= 0.3 is 0 Å². The molecule has 0 amide bonds. The van der Waals surface area contributed by atoms with Crippen LogP contribution in [0.15, 0.2) is 97.6 Å². The van der Waals surface area contributed by atoms with E-state index in [1.165, 1.54) is 76.8 Å². The van der Waals surface area contributed by atoms with E-state index in [1.807, 2.05) is 0 Å². The van der Waals surface area contributed by atoms with E-state index in [9.17, 15) is 0 Å². The van der Waals surface area contributed by atoms with Gasteiger partial charge in [0, 0.05) is 32.3 Å². The van der Waals surface area contributed by atoms with Crippen molar-refractivity contribution in [2.45, 2.75) is 105 Å². The lowest BCUT2D eigenvalue weighted by atomic mass is 9.76. The number of aromatic nitrogens is 4. The fourth-order valence-corrected chi connectivity index (χ4v) is 9.50. The molecule has 10 rings (SSSR count). The minimum absolute atomic E-state index is 0.0191. The second kappa shape index (κ2) is 11.9. The maximum Gasteiger partial charge on any atom is 0.116 e. The predicted octanol–water partition coefficient (Wildman–Crippen LogP) is 14.7. The molecule has 4 nitrogen and oxygen atoms in total. The van der Waals surface area contributed by atoms with Crippen LogP contribution in [0, 0.1) is 0 Å². The smallest absolute Gasteiger partial charge is 0.116 e. The third-order valence-electron chi connectivity index (χ3n) is 12.8. The number of benzene rings is 8. The molecule has 4 heteroatoms. The molecule has 2 heterocycles. The van der Waals surface area contributed by atoms with Crippen LogP contribution < -0.4 is 0 Å². The van der Waals surface area contributed by atoms with Gasteiger partial charge in [0.1, 0.15) is 23.7 Å². The minimum atomic E-state index is -0.0474. The molecule has 0 spiro atoms. The van der Waals surface area contributed by atoms with Gasteiger partial charge in [-0.15, -0.1) is 0 Å². The second-order valence-electron chi connectivity index (χ2n) is 20.8. The molecule has 8 aromatic carbocycles. The summed E-state index contributed by atoms with van der Waals surface area (Å²) in [4.78, 5) is 20.5. The lowest BCUT2D eigenvalue weighted by molar-refractivity contribution is 0.590. The van der Waals surface area contributed by atoms with E-state index in [0.29, 0.717) is 0 Å². The van der Waals surface area contributed by atoms with Gasteiger partial charge in [0.25, 0.3) is 0 Å². The number of hydrogen-bond acceptors (Lipinski definition) is 4. The van der Waals surface area contributed by atoms with Gasteiger partial charge in [-0.05, 0) is 99.8 Å². The van der Waals surface area contributed by atoms with E-state index in [-0.39, 0.29) is 21.7 Å². The first-order valence-electron chi connectivity index (χ1n) is 20.8. The number of fused-ring (bicyclic) bond motifs is 7. The molecule has 288 valence electrons. The average molecular weight is 757 g/mol. The van der Waals surface area contributed by atoms with Crippen LogP contribution >= 0.6 is 0 Å². The van der Waals surface area contributed by atoms with Crippen molar-refractivity contribution in [1.82, 2.24) is 19.9 Å². The van der Waals surface area contributed by atoms with E-state index in [4.69, 9.17) is 19.9 Å². The van der Waals surface area contributed by atoms with Crippen molar-refractivity contribution in [3.63, 3.8) is 0 Å². The molecule has 0 bridgehead atoms. The summed E-state index contributed by atoms with van der Waals surface area (Å²) in [5.74, 6) is 0. The number of rotatable bonds is 2. The molecule has 0 aliphatic carbocycles. The monoisotopic (exact) mass is 756 g/mol. The quantitative estimate of drug-likeness (QED) is 0.130. The molecule has 0 saturated heterocycles. The topological polar surface area (TPSA) is 51.6 Å². The highest BCUT2D eigenvalue weighted by Crippen LogP contribution is 2.56. The summed E-state index contributed by atoms with van der Waals surface area (Å²) in [6.45, 7) is 27.5. The van der Waals surface area contributed by atoms with Gasteiger partial charge in [0.2, 0.25) is 0 Å². The van der Waals surface area contributed by atoms with E-state index in [1.54, 1.807) is 12.7 Å². The number of nitrogens with zero attached hydrogens (tertiary/aromatic N) is 4. The zero-order chi connectivity index (χ0) is 40.8. The van der Waals surface area contributed by atoms with Gasteiger partial charge < -0.3 is 0 Å². The molecule has 0 atom stereocenters. The highest BCUT2D eigenvalue weighted by molar-refractivity contribution is 6.49. The van der Waals surface area contributed by atoms with E-state index in [0.717, 1.165) is 43.6 Å². The largest absolute Gasteiger partial charge is 0.236 e. The molecule has 58 heavy (non-hydrogen) atoms. The molecule has 0 aliphatic rings. The van der Waals surface area contributed by atoms with Crippen LogP contribution in [0.2, 0.25) is 0 Å². The lowest BCUT2D eigenvalue weighted by Gasteiger charge is -2.27. The third kappa shape index (κ3) is 5.26. The maximum absolute atomic E-state index is 5.14. The molecule has 0 fully saturated rings. The van der Waals surface area contributed by atoms with Crippen LogP contribution in [0.25, 0.3) is 98.2 Å². The average Bonchev–Trinajstić information content (AvgIpc) is 3.18. The Hall–Kier alpha value is -5.74. The molecule has 0 N–H and O–H groups in total. The molecule has 2 aromatic heterocycles. The summed E-state index contributed by atoms with van der Waals surface area (Å²) >= 11 is 0. The van der Waals surface area contributed by atoms with Crippen LogP contribution in [-0.2, 0) is 21.7 Å². The highest BCUT2D eigenvalue weighted by Gasteiger charge is 2.31. The van der Waals surface area contributed by atoms with E-state index >= 15 is 0 Å². The van der Waals surface area contributed by atoms with Crippen molar-refractivity contribution in [2.75, 3.05) is 0 Å². The van der Waals surface area contributed by atoms with Gasteiger partial charge in [-0.2, -0.15) is 0 Å². The first-order chi connectivity index (χ1) is 27.3. The summed E-state index contributed by atoms with van der Waals surface area (Å²) in [5.41, 5.74) is 13.7. The number of hydrogen-bond donors (Lipinski definition) is 0. The SMILES string of the molecule is CC(C)(C)c1ccc(-c2c(-c3ccc(C(C)(C)C)cc3)c3c4ccc(C(C)(C)C)cc4c4ncnc5c6ncnc7c8cc(C(C)(C)C)ccc8c2c(c76)c3c45)cc1. The van der Waals surface area contributed by atoms with Gasteiger partial charge in [-0.1, -0.05) is 156 Å². The Morgan fingerprint density at radius 2 is 0.603 bits per heavy atom. The van der Waals surface area contributed by atoms with Crippen molar-refractivity contribution in [2.24, 2.45) is 0 Å². The van der Waals surface area contributed by atoms with Crippen LogP contribution in [-0.4, -0.2) is 19.9 Å². The molecular weight excluding hydrogens is 705 g/mol. The molecule has 0 radical (unpaired) electrons. The fraction of sp³-hybridized carbons (Fsp3) is 0.296. The summed E-state index contributed by atoms with van der Waals surface area (Å²) in [5, 5.41) is 11.7. The fourth-order valence-electron chi connectivity index (χ4n) is 9.50. The Morgan fingerprint density at radius 3 is 0.931 bits per heavy atom. The minimum Gasteiger partial charge on any atom is -0.236 e. The van der Waals surface area contributed by atoms with Gasteiger partial charge in [0.05, 0.1) is 11.0 Å². The Morgan fingerprint density at radius 1 is 0.293 bits per heavy atom. The standard InChI is InChI=1S/C54H52N4/c1-51(2,3)31-17-13-29(14-18-31)39-40(30-15-19-32(20-16-30)52(4,5)6)42-36-24-22-34(54(10,11)12)26-38(36)48-46-44(42)43-41(39)35-23-21-33(53(7,8)9)25-37(35)47-45(43)49(57-27-55-47)50(46)58-28-56-48/h13-28H,1-12H3. The van der Waals surface area contributed by atoms with Crippen LogP contribution in [0.4, 0.5) is 0 Å². The zero-order valence-electron chi connectivity index (χ0n) is 36.0. The van der Waals surface area contributed by atoms with E-state index in [2.05, 4.69) is 168 Å². The molecular formula is C54H52N4. The van der Waals surface area contributed by atoms with Crippen molar-refractivity contribution in [3.8, 4) is 22.3 Å². The van der Waals surface area contributed by atoms with Gasteiger partial charge in [-0.3, -0.25) is 0 Å². The van der Waals surface area contributed by atoms with Crippen molar-refractivity contribution in [1.29, 1.82) is 0 Å². The Kier molecular flexibility index (Phi) is 7.52. The van der Waals surface area contributed by atoms with Gasteiger partial charge in [-0.25, -0.2) is 19.9 Å². The van der Waals surface area contributed by atoms with Crippen molar-refractivity contribution >= 4 is 75.9 Å². The van der Waals surface area contributed by atoms with Crippen LogP contribution in [0.3, 0.4) is 0 Å². The first kappa shape index (κ1) is 36.6. The zero-order valence-corrected chi connectivity index (χ0v) is 36.0. The van der Waals surface area contributed by atoms with Crippen molar-refractivity contribution < 1.29 is 0 Å². The predicted molar refractivity (Wildman–Crippen MR) is 248 cm³/mol. The van der Waals surface area contributed by atoms with Gasteiger partial charge in [0.15, 0.2) is 0 Å². The summed E-state index contributed by atoms with van der Waals surface area (Å²) in [7, 11) is 0. The normalized spacial score (nSPS) is 13.5. The Balaban J connectivity index is 1.56. The summed E-state index contributed by atoms with van der Waals surface area (Å²) in [6, 6.07) is 32.9. The van der Waals surface area contributed by atoms with Crippen LogP contribution in [0.1, 0.15) is 105 Å². The summed E-state index contributed by atoms with van der Waals surface area (Å²) in [6.07, 6.45) is 3.47. The molecule has 10 aromatic rings. The lowest BCUT2D eigenvalue weighted by Crippen LogP contribution is -2.11. The van der Waals surface area contributed by atoms with E-state index < -0.39 is 0 Å². The Bertz CT molecular complexity index is 3050. The highest BCUT2D eigenvalue weighted by atomic mass is 14.9. The van der Waals surface area contributed by atoms with Crippen molar-refractivity contribution in [3.05, 3.63) is 120 Å². The molecule has 0 saturated carbocycles. The third-order valence-corrected chi connectivity index (χ3v) is 12.8. The summed E-state index contributed by atoms with van der Waals surface area (Å²) < 4.78 is 0.